The van der Waals surface area contributed by atoms with E-state index in [1.54, 1.807) is 0 Å². The van der Waals surface area contributed by atoms with Gasteiger partial charge < -0.3 is 14.7 Å². The molecule has 0 N–H and O–H groups in total. The number of anilines is 9. The van der Waals surface area contributed by atoms with E-state index in [-0.39, 0.29) is 0 Å². The zero-order valence-corrected chi connectivity index (χ0v) is 39.4. The zero-order chi connectivity index (χ0) is 45.7. The molecule has 0 aromatic heterocycles. The van der Waals surface area contributed by atoms with Crippen molar-refractivity contribution in [1.29, 1.82) is 0 Å². The first-order valence-corrected chi connectivity index (χ1v) is 23.1. The fourth-order valence-electron chi connectivity index (χ4n) is 10.9. The van der Waals surface area contributed by atoms with E-state index in [4.69, 9.17) is 0 Å². The summed E-state index contributed by atoms with van der Waals surface area (Å²) in [6.45, 7) is 17.6. The minimum absolute atomic E-state index is 0.752. The second-order valence-corrected chi connectivity index (χ2v) is 18.6. The summed E-state index contributed by atoms with van der Waals surface area (Å²) < 4.78 is 0. The molecule has 324 valence electrons. The summed E-state index contributed by atoms with van der Waals surface area (Å²) >= 11 is 0. The van der Waals surface area contributed by atoms with Crippen LogP contribution in [0.3, 0.4) is 0 Å². The highest BCUT2D eigenvalue weighted by molar-refractivity contribution is 5.91. The molecule has 1 heterocycles. The van der Waals surface area contributed by atoms with Gasteiger partial charge in [0, 0.05) is 39.8 Å². The van der Waals surface area contributed by atoms with Gasteiger partial charge in [-0.05, 0) is 219 Å². The van der Waals surface area contributed by atoms with Gasteiger partial charge in [-0.2, -0.15) is 0 Å². The Labute approximate surface area is 391 Å². The number of para-hydroxylation sites is 3. The molecule has 9 aromatic carbocycles. The van der Waals surface area contributed by atoms with Crippen LogP contribution in [0.5, 0.6) is 0 Å². The van der Waals surface area contributed by atoms with E-state index in [1.807, 2.05) is 0 Å². The molecule has 66 heavy (non-hydrogen) atoms. The Morgan fingerprint density at radius 3 is 0.955 bits per heavy atom. The highest BCUT2D eigenvalue weighted by Crippen LogP contribution is 2.58. The molecule has 1 aliphatic heterocycles. The van der Waals surface area contributed by atoms with Crippen molar-refractivity contribution in [1.82, 2.24) is 0 Å². The molecular formula is C63H57N3. The third-order valence-corrected chi connectivity index (χ3v) is 13.0. The van der Waals surface area contributed by atoms with Crippen LogP contribution >= 0.6 is 0 Å². The van der Waals surface area contributed by atoms with Crippen molar-refractivity contribution in [3.8, 4) is 0 Å². The fraction of sp³-hybridized carbons (Fsp3) is 0.143. The molecule has 3 heteroatoms. The van der Waals surface area contributed by atoms with E-state index in [1.165, 1.54) is 66.8 Å². The predicted octanol–water partition coefficient (Wildman–Crippen LogP) is 17.3. The lowest BCUT2D eigenvalue weighted by molar-refractivity contribution is 0.731. The monoisotopic (exact) mass is 855 g/mol. The van der Waals surface area contributed by atoms with Gasteiger partial charge in [-0.3, -0.25) is 0 Å². The minimum atomic E-state index is -0.752. The van der Waals surface area contributed by atoms with Gasteiger partial charge in [0.15, 0.2) is 0 Å². The molecule has 0 bridgehead atoms. The van der Waals surface area contributed by atoms with Gasteiger partial charge in [-0.1, -0.05) is 103 Å². The van der Waals surface area contributed by atoms with E-state index in [9.17, 15) is 0 Å². The fourth-order valence-corrected chi connectivity index (χ4v) is 10.9. The average Bonchev–Trinajstić information content (AvgIpc) is 3.28. The lowest BCUT2D eigenvalue weighted by Crippen LogP contribution is -2.38. The lowest BCUT2D eigenvalue weighted by Gasteiger charge is -2.47. The van der Waals surface area contributed by atoms with Gasteiger partial charge in [0.05, 0.1) is 16.8 Å². The van der Waals surface area contributed by atoms with Gasteiger partial charge in [0.1, 0.15) is 0 Å². The summed E-state index contributed by atoms with van der Waals surface area (Å²) in [6, 6.07) is 75.2. The summed E-state index contributed by atoms with van der Waals surface area (Å²) in [4.78, 5) is 7.35. The second-order valence-electron chi connectivity index (χ2n) is 18.6. The molecule has 0 saturated heterocycles. The van der Waals surface area contributed by atoms with Gasteiger partial charge in [-0.25, -0.2) is 0 Å². The van der Waals surface area contributed by atoms with E-state index in [0.717, 1.165) is 51.2 Å². The van der Waals surface area contributed by atoms with Crippen LogP contribution in [0.15, 0.2) is 200 Å². The van der Waals surface area contributed by atoms with Crippen molar-refractivity contribution in [3.63, 3.8) is 0 Å². The Balaban J connectivity index is 1.30. The quantitative estimate of drug-likeness (QED) is 0.143. The Hall–Kier alpha value is -7.62. The Bertz CT molecular complexity index is 2890. The minimum Gasteiger partial charge on any atom is -0.310 e. The summed E-state index contributed by atoms with van der Waals surface area (Å²) in [6.07, 6.45) is 0. The van der Waals surface area contributed by atoms with Crippen LogP contribution in [0, 0.1) is 55.4 Å². The highest BCUT2D eigenvalue weighted by Gasteiger charge is 2.47. The normalized spacial score (nSPS) is 12.6. The maximum Gasteiger partial charge on any atom is 0.0743 e. The number of benzene rings is 9. The van der Waals surface area contributed by atoms with Crippen molar-refractivity contribution in [2.24, 2.45) is 0 Å². The summed E-state index contributed by atoms with van der Waals surface area (Å²) in [5.74, 6) is 0. The molecule has 0 unspecified atom stereocenters. The van der Waals surface area contributed by atoms with Crippen molar-refractivity contribution in [2.75, 3.05) is 14.7 Å². The number of fused-ring (bicyclic) bond motifs is 2. The number of nitrogens with zero attached hydrogens (tertiary/aromatic N) is 3. The molecule has 0 atom stereocenters. The van der Waals surface area contributed by atoms with E-state index < -0.39 is 5.41 Å². The van der Waals surface area contributed by atoms with Crippen molar-refractivity contribution in [3.05, 3.63) is 267 Å². The number of rotatable bonds is 9. The molecule has 3 nitrogen and oxygen atoms in total. The molecule has 1 aliphatic rings. The van der Waals surface area contributed by atoms with E-state index in [2.05, 4.69) is 270 Å². The lowest BCUT2D eigenvalue weighted by atomic mass is 9.62. The molecule has 0 saturated carbocycles. The molecular weight excluding hydrogens is 799 g/mol. The smallest absolute Gasteiger partial charge is 0.0743 e. The summed E-state index contributed by atoms with van der Waals surface area (Å²) in [5.41, 5.74) is 24.1. The van der Waals surface area contributed by atoms with Gasteiger partial charge in [0.2, 0.25) is 0 Å². The Kier molecular flexibility index (Phi) is 10.9. The first-order chi connectivity index (χ1) is 32.0. The van der Waals surface area contributed by atoms with Crippen LogP contribution in [-0.4, -0.2) is 0 Å². The van der Waals surface area contributed by atoms with Gasteiger partial charge in [0.25, 0.3) is 0 Å². The van der Waals surface area contributed by atoms with Crippen molar-refractivity contribution in [2.45, 2.75) is 60.8 Å². The summed E-state index contributed by atoms with van der Waals surface area (Å²) in [7, 11) is 0. The molecule has 0 fully saturated rings. The Morgan fingerprint density at radius 1 is 0.288 bits per heavy atom. The maximum absolute atomic E-state index is 2.46. The SMILES string of the molecule is Cc1cc(C)cc(N(c2cc(C)cc(C)c2)c2cccc(C3(c4cccc(N(c5cc(C)cc(C)c5)c5cc(C)cc(C)c5)c4)c4ccccc4N(c4ccccc4)c4ccccc43)c2)c1. The standard InChI is InChI=1S/C63H57N3/c1-42-28-43(2)33-55(32-42)64(56-34-44(3)29-45(4)35-56)53-22-16-18-50(40-53)63(59-24-12-14-26-61(59)66(52-20-10-9-11-21-52)62-27-15-13-25-60(62)63)51-19-17-23-54(41-51)65(57-36-46(5)30-47(6)37-57)58-38-48(7)31-49(8)39-58/h9-41H,1-8H3. The highest BCUT2D eigenvalue weighted by atomic mass is 15.2. The van der Waals surface area contributed by atoms with Crippen LogP contribution in [0.2, 0.25) is 0 Å². The van der Waals surface area contributed by atoms with Gasteiger partial charge >= 0.3 is 0 Å². The number of hydrogen-bond donors (Lipinski definition) is 0. The van der Waals surface area contributed by atoms with Crippen LogP contribution in [0.4, 0.5) is 51.2 Å². The Morgan fingerprint density at radius 2 is 0.606 bits per heavy atom. The van der Waals surface area contributed by atoms with E-state index >= 15 is 0 Å². The predicted molar refractivity (Wildman–Crippen MR) is 280 cm³/mol. The first kappa shape index (κ1) is 42.3. The molecule has 0 aliphatic carbocycles. The molecule has 10 rings (SSSR count). The second kappa shape index (κ2) is 17.1. The van der Waals surface area contributed by atoms with Crippen LogP contribution < -0.4 is 14.7 Å². The van der Waals surface area contributed by atoms with Crippen molar-refractivity contribution < 1.29 is 0 Å². The average molecular weight is 856 g/mol. The zero-order valence-electron chi connectivity index (χ0n) is 39.4. The van der Waals surface area contributed by atoms with Crippen LogP contribution in [0.1, 0.15) is 66.8 Å². The molecule has 9 aromatic rings. The summed E-state index contributed by atoms with van der Waals surface area (Å²) in [5, 5.41) is 0. The number of aryl methyl sites for hydroxylation is 8. The van der Waals surface area contributed by atoms with Gasteiger partial charge in [-0.15, -0.1) is 0 Å². The van der Waals surface area contributed by atoms with Crippen LogP contribution in [0.25, 0.3) is 0 Å². The molecule has 0 spiro atoms. The molecule has 0 radical (unpaired) electrons. The van der Waals surface area contributed by atoms with Crippen molar-refractivity contribution >= 4 is 51.2 Å². The maximum atomic E-state index is 2.46. The molecule has 0 amide bonds. The van der Waals surface area contributed by atoms with Crippen LogP contribution in [-0.2, 0) is 5.41 Å². The first-order valence-electron chi connectivity index (χ1n) is 23.1. The third kappa shape index (κ3) is 7.65. The third-order valence-electron chi connectivity index (χ3n) is 13.0. The number of hydrogen-bond acceptors (Lipinski definition) is 3. The topological polar surface area (TPSA) is 9.72 Å². The van der Waals surface area contributed by atoms with E-state index in [0.29, 0.717) is 0 Å². The largest absolute Gasteiger partial charge is 0.310 e.